The van der Waals surface area contributed by atoms with Gasteiger partial charge in [0.25, 0.3) is 0 Å². The zero-order valence-electron chi connectivity index (χ0n) is 17.2. The zero-order valence-corrected chi connectivity index (χ0v) is 18.2. The van der Waals surface area contributed by atoms with E-state index in [1.807, 2.05) is 64.2 Å². The maximum absolute atomic E-state index is 13.9. The van der Waals surface area contributed by atoms with Gasteiger partial charge in [-0.15, -0.1) is 0 Å². The Bertz CT molecular complexity index is 1010. The van der Waals surface area contributed by atoms with Crippen LogP contribution in [0.4, 0.5) is 19.0 Å². The number of aromatic nitrogens is 2. The van der Waals surface area contributed by atoms with E-state index >= 15 is 0 Å². The highest BCUT2D eigenvalue weighted by Crippen LogP contribution is 2.45. The van der Waals surface area contributed by atoms with Crippen LogP contribution in [0.15, 0.2) is 48.5 Å². The largest absolute Gasteiger partial charge is 0.417 e. The molecule has 0 spiro atoms. The molecule has 4 nitrogen and oxygen atoms in total. The number of nitrogens with two attached hydrogens (primary N) is 1. The molecule has 2 N–H and O–H groups in total. The van der Waals surface area contributed by atoms with E-state index in [-0.39, 0.29) is 10.6 Å². The Hall–Kier alpha value is -2.32. The highest BCUT2D eigenvalue weighted by molar-refractivity contribution is 6.74. The lowest BCUT2D eigenvalue weighted by Gasteiger charge is -2.39. The first-order valence-electron chi connectivity index (χ1n) is 9.39. The van der Waals surface area contributed by atoms with Crippen molar-refractivity contribution < 1.29 is 17.6 Å². The van der Waals surface area contributed by atoms with Crippen molar-refractivity contribution in [2.75, 3.05) is 5.73 Å². The molecule has 0 radical (unpaired) electrons. The fourth-order valence-electron chi connectivity index (χ4n) is 2.85. The van der Waals surface area contributed by atoms with Crippen LogP contribution in [0.25, 0.3) is 16.6 Å². The molecule has 156 valence electrons. The summed E-state index contributed by atoms with van der Waals surface area (Å²) in [5, 5.41) is 4.69. The van der Waals surface area contributed by atoms with E-state index in [1.54, 1.807) is 6.07 Å². The minimum absolute atomic E-state index is 0.0348. The van der Waals surface area contributed by atoms with Crippen molar-refractivity contribution in [3.05, 3.63) is 54.1 Å². The minimum atomic E-state index is -4.53. The molecular formula is C21H26F3N3OSi. The van der Waals surface area contributed by atoms with Gasteiger partial charge in [0.1, 0.15) is 5.82 Å². The number of hydrogen-bond acceptors (Lipinski definition) is 3. The summed E-state index contributed by atoms with van der Waals surface area (Å²) in [5.74, 6) is 0.381. The third-order valence-corrected chi connectivity index (χ3v) is 9.99. The fraction of sp³-hybridized carbons (Fsp3) is 0.381. The molecule has 0 fully saturated rings. The van der Waals surface area contributed by atoms with Crippen LogP contribution in [0, 0.1) is 0 Å². The number of halogens is 3. The molecule has 0 amide bonds. The highest BCUT2D eigenvalue weighted by atomic mass is 28.4. The Balaban J connectivity index is 2.07. The second-order valence-corrected chi connectivity index (χ2v) is 13.5. The molecular weight excluding hydrogens is 395 g/mol. The second kappa shape index (κ2) is 7.18. The van der Waals surface area contributed by atoms with E-state index in [0.29, 0.717) is 16.7 Å². The highest BCUT2D eigenvalue weighted by Gasteiger charge is 2.48. The SMILES string of the molecule is CC(C)(C)[Si](C)(C)OC(c1ccc2c(N)n(-c3ccccc3)nc2c1)C(F)(F)F. The average Bonchev–Trinajstić information content (AvgIpc) is 2.95. The van der Waals surface area contributed by atoms with E-state index in [4.69, 9.17) is 10.2 Å². The molecule has 1 aromatic heterocycles. The molecule has 29 heavy (non-hydrogen) atoms. The van der Waals surface area contributed by atoms with Crippen molar-refractivity contribution in [2.45, 2.75) is 51.2 Å². The maximum atomic E-state index is 13.9. The Morgan fingerprint density at radius 2 is 1.66 bits per heavy atom. The van der Waals surface area contributed by atoms with Crippen LogP contribution in [-0.2, 0) is 4.43 Å². The summed E-state index contributed by atoms with van der Waals surface area (Å²) >= 11 is 0. The molecule has 0 aliphatic heterocycles. The fourth-order valence-corrected chi connectivity index (χ4v) is 4.06. The molecule has 0 aliphatic rings. The van der Waals surface area contributed by atoms with E-state index < -0.39 is 20.6 Å². The molecule has 3 rings (SSSR count). The smallest absolute Gasteiger partial charge is 0.402 e. The summed E-state index contributed by atoms with van der Waals surface area (Å²) in [6.45, 7) is 9.37. The van der Waals surface area contributed by atoms with E-state index in [1.165, 1.54) is 16.8 Å². The number of nitrogens with zero attached hydrogens (tertiary/aromatic N) is 2. The molecule has 1 unspecified atom stereocenters. The normalized spacial score (nSPS) is 14.3. The lowest BCUT2D eigenvalue weighted by atomic mass is 10.1. The molecule has 1 heterocycles. The quantitative estimate of drug-likeness (QED) is 0.508. The maximum Gasteiger partial charge on any atom is 0.417 e. The third-order valence-electron chi connectivity index (χ3n) is 5.55. The zero-order chi connectivity index (χ0) is 21.6. The molecule has 2 aromatic carbocycles. The summed E-state index contributed by atoms with van der Waals surface area (Å²) in [6.07, 6.45) is -6.53. The first-order chi connectivity index (χ1) is 13.3. The van der Waals surface area contributed by atoms with Gasteiger partial charge in [0.15, 0.2) is 14.4 Å². The Morgan fingerprint density at radius 3 is 2.21 bits per heavy atom. The molecule has 0 bridgehead atoms. The van der Waals surface area contributed by atoms with Crippen molar-refractivity contribution in [3.63, 3.8) is 0 Å². The standard InChI is InChI=1S/C21H26F3N3OSi/c1-20(2,3)29(4,5)28-18(21(22,23)24)14-11-12-16-17(13-14)26-27(19(16)25)15-9-7-6-8-10-15/h6-13,18H,25H2,1-5H3. The van der Waals surface area contributed by atoms with Crippen molar-refractivity contribution in [1.29, 1.82) is 0 Å². The molecule has 0 aliphatic carbocycles. The van der Waals surface area contributed by atoms with Crippen LogP contribution in [-0.4, -0.2) is 24.3 Å². The van der Waals surface area contributed by atoms with Crippen LogP contribution in [0.3, 0.4) is 0 Å². The number of para-hydroxylation sites is 1. The van der Waals surface area contributed by atoms with Gasteiger partial charge in [0.05, 0.1) is 11.2 Å². The second-order valence-electron chi connectivity index (χ2n) is 8.71. The number of benzene rings is 2. The molecule has 0 saturated heterocycles. The molecule has 8 heteroatoms. The molecule has 1 atom stereocenters. The van der Waals surface area contributed by atoms with E-state index in [0.717, 1.165) is 5.69 Å². The topological polar surface area (TPSA) is 53.1 Å². The first-order valence-corrected chi connectivity index (χ1v) is 12.3. The summed E-state index contributed by atoms with van der Waals surface area (Å²) in [5.41, 5.74) is 7.37. The van der Waals surface area contributed by atoms with Gasteiger partial charge >= 0.3 is 6.18 Å². The lowest BCUT2D eigenvalue weighted by molar-refractivity contribution is -0.201. The molecule has 0 saturated carbocycles. The average molecular weight is 422 g/mol. The number of nitrogen functional groups attached to an aromatic ring is 1. The monoisotopic (exact) mass is 421 g/mol. The summed E-state index contributed by atoms with van der Waals surface area (Å²) in [7, 11) is -2.66. The Morgan fingerprint density at radius 1 is 1.03 bits per heavy atom. The van der Waals surface area contributed by atoms with E-state index in [2.05, 4.69) is 5.10 Å². The van der Waals surface area contributed by atoms with Gasteiger partial charge < -0.3 is 10.2 Å². The van der Waals surface area contributed by atoms with Gasteiger partial charge in [-0.3, -0.25) is 0 Å². The molecule has 3 aromatic rings. The van der Waals surface area contributed by atoms with Gasteiger partial charge in [-0.25, -0.2) is 4.68 Å². The number of hydrogen-bond donors (Lipinski definition) is 1. The van der Waals surface area contributed by atoms with Gasteiger partial charge in [0.2, 0.25) is 0 Å². The van der Waals surface area contributed by atoms with Crippen LogP contribution in [0.2, 0.25) is 18.1 Å². The van der Waals surface area contributed by atoms with E-state index in [9.17, 15) is 13.2 Å². The minimum Gasteiger partial charge on any atom is -0.402 e. The van der Waals surface area contributed by atoms with Crippen molar-refractivity contribution in [3.8, 4) is 5.69 Å². The van der Waals surface area contributed by atoms with Crippen molar-refractivity contribution in [2.24, 2.45) is 0 Å². The van der Waals surface area contributed by atoms with Gasteiger partial charge in [-0.1, -0.05) is 45.0 Å². The van der Waals surface area contributed by atoms with Crippen LogP contribution >= 0.6 is 0 Å². The first kappa shape index (κ1) is 21.4. The third kappa shape index (κ3) is 4.18. The number of fused-ring (bicyclic) bond motifs is 1. The van der Waals surface area contributed by atoms with Gasteiger partial charge in [-0.05, 0) is 48.0 Å². The van der Waals surface area contributed by atoms with Crippen LogP contribution in [0.1, 0.15) is 32.4 Å². The lowest BCUT2D eigenvalue weighted by Crippen LogP contribution is -2.44. The number of rotatable bonds is 4. The van der Waals surface area contributed by atoms with Crippen molar-refractivity contribution in [1.82, 2.24) is 9.78 Å². The summed E-state index contributed by atoms with van der Waals surface area (Å²) < 4.78 is 49.1. The van der Waals surface area contributed by atoms with Crippen LogP contribution < -0.4 is 5.73 Å². The van der Waals surface area contributed by atoms with Crippen LogP contribution in [0.5, 0.6) is 0 Å². The van der Waals surface area contributed by atoms with Gasteiger partial charge in [0, 0.05) is 5.39 Å². The Labute approximate surface area is 169 Å². The summed E-state index contributed by atoms with van der Waals surface area (Å²) in [6, 6.07) is 13.7. The number of anilines is 1. The van der Waals surface area contributed by atoms with Crippen molar-refractivity contribution >= 4 is 25.0 Å². The van der Waals surface area contributed by atoms with Gasteiger partial charge in [-0.2, -0.15) is 18.3 Å². The predicted molar refractivity (Wildman–Crippen MR) is 113 cm³/mol. The number of alkyl halides is 3. The summed E-state index contributed by atoms with van der Waals surface area (Å²) in [4.78, 5) is 0. The predicted octanol–water partition coefficient (Wildman–Crippen LogP) is 6.23. The Kier molecular flexibility index (Phi) is 5.29.